The zero-order valence-corrected chi connectivity index (χ0v) is 11.5. The maximum Gasteiger partial charge on any atom is 0.00773 e. The number of benzene rings is 2. The highest BCUT2D eigenvalue weighted by Gasteiger charge is 1.90. The summed E-state index contributed by atoms with van der Waals surface area (Å²) in [4.78, 5) is 0. The Balaban J connectivity index is 2.12. The Morgan fingerprint density at radius 3 is 2.25 bits per heavy atom. The molecule has 0 amide bonds. The molecule has 0 aliphatic heterocycles. The van der Waals surface area contributed by atoms with Crippen LogP contribution in [0.3, 0.4) is 0 Å². The van der Waals surface area contributed by atoms with Gasteiger partial charge in [0.15, 0.2) is 0 Å². The largest absolute Gasteiger partial charge is 0.0850 e. The SMILES string of the molecule is CCc1ccc(I=Cc2ccccc2)cc1. The van der Waals surface area contributed by atoms with E-state index >= 15 is 0 Å². The van der Waals surface area contributed by atoms with Crippen molar-refractivity contribution in [3.8, 4) is 0 Å². The standard InChI is InChI=1S/C15H15I/c1-2-13-8-10-15(11-9-13)16-12-14-6-4-3-5-7-14/h3-12H,2H2,1H3. The van der Waals surface area contributed by atoms with Crippen molar-refractivity contribution in [1.29, 1.82) is 0 Å². The van der Waals surface area contributed by atoms with Crippen LogP contribution in [0.25, 0.3) is 0 Å². The molecule has 0 saturated carbocycles. The van der Waals surface area contributed by atoms with Gasteiger partial charge in [0.25, 0.3) is 0 Å². The predicted molar refractivity (Wildman–Crippen MR) is 80.1 cm³/mol. The topological polar surface area (TPSA) is 0 Å². The molecule has 0 nitrogen and oxygen atoms in total. The molecular weight excluding hydrogens is 307 g/mol. The van der Waals surface area contributed by atoms with Gasteiger partial charge in [0.05, 0.1) is 0 Å². The lowest BCUT2D eigenvalue weighted by Gasteiger charge is -1.97. The number of hydrogen-bond acceptors (Lipinski definition) is 0. The molecule has 0 heterocycles. The van der Waals surface area contributed by atoms with Crippen molar-refractivity contribution < 1.29 is 0 Å². The van der Waals surface area contributed by atoms with Crippen molar-refractivity contribution in [2.75, 3.05) is 0 Å². The third kappa shape index (κ3) is 3.27. The van der Waals surface area contributed by atoms with Crippen molar-refractivity contribution in [1.82, 2.24) is 0 Å². The second-order valence-electron chi connectivity index (χ2n) is 3.61. The van der Waals surface area contributed by atoms with E-state index in [9.17, 15) is 0 Å². The van der Waals surface area contributed by atoms with Gasteiger partial charge in [0.1, 0.15) is 0 Å². The summed E-state index contributed by atoms with van der Waals surface area (Å²) in [6.45, 7) is 2.19. The normalized spacial score (nSPS) is 11.3. The van der Waals surface area contributed by atoms with Gasteiger partial charge >= 0.3 is 0 Å². The first-order valence-corrected chi connectivity index (χ1v) is 7.81. The summed E-state index contributed by atoms with van der Waals surface area (Å²) in [6, 6.07) is 19.6. The van der Waals surface area contributed by atoms with E-state index < -0.39 is 0 Å². The first kappa shape index (κ1) is 11.5. The van der Waals surface area contributed by atoms with Gasteiger partial charge in [-0.2, -0.15) is 0 Å². The van der Waals surface area contributed by atoms with Gasteiger partial charge < -0.3 is 0 Å². The van der Waals surface area contributed by atoms with Crippen LogP contribution in [0.5, 0.6) is 0 Å². The summed E-state index contributed by atoms with van der Waals surface area (Å²) in [6.07, 6.45) is 1.13. The van der Waals surface area contributed by atoms with Crippen LogP contribution in [-0.4, -0.2) is 4.01 Å². The summed E-state index contributed by atoms with van der Waals surface area (Å²) in [7, 11) is 0. The second kappa shape index (κ2) is 5.94. The Labute approximate surface area is 107 Å². The third-order valence-corrected chi connectivity index (χ3v) is 4.90. The molecule has 2 rings (SSSR count). The smallest absolute Gasteiger partial charge is 0.00773 e. The van der Waals surface area contributed by atoms with Crippen molar-refractivity contribution in [3.05, 3.63) is 69.3 Å². The van der Waals surface area contributed by atoms with Gasteiger partial charge in [0.2, 0.25) is 0 Å². The van der Waals surface area contributed by atoms with Crippen LogP contribution in [0, 0.1) is 3.57 Å². The van der Waals surface area contributed by atoms with Gasteiger partial charge in [-0.15, -0.1) is 0 Å². The van der Waals surface area contributed by atoms with Gasteiger partial charge in [-0.1, -0.05) is 70.1 Å². The zero-order chi connectivity index (χ0) is 11.2. The first-order chi connectivity index (χ1) is 7.88. The van der Waals surface area contributed by atoms with Crippen LogP contribution in [0.15, 0.2) is 54.6 Å². The highest BCUT2D eigenvalue weighted by atomic mass is 127. The minimum Gasteiger partial charge on any atom is -0.0850 e. The maximum atomic E-state index is 2.37. The van der Waals surface area contributed by atoms with Gasteiger partial charge in [-0.3, -0.25) is 0 Å². The molecule has 0 unspecified atom stereocenters. The molecule has 0 radical (unpaired) electrons. The fraction of sp³-hybridized carbons (Fsp3) is 0.133. The van der Waals surface area contributed by atoms with Gasteiger partial charge in [0, 0.05) is 3.57 Å². The molecule has 0 bridgehead atoms. The molecule has 82 valence electrons. The Morgan fingerprint density at radius 1 is 0.938 bits per heavy atom. The Morgan fingerprint density at radius 2 is 1.62 bits per heavy atom. The van der Waals surface area contributed by atoms with E-state index in [0.29, 0.717) is 0 Å². The molecule has 0 saturated heterocycles. The second-order valence-corrected chi connectivity index (χ2v) is 6.10. The molecule has 0 atom stereocenters. The zero-order valence-electron chi connectivity index (χ0n) is 9.36. The van der Waals surface area contributed by atoms with Crippen LogP contribution >= 0.6 is 20.7 Å². The third-order valence-electron chi connectivity index (χ3n) is 2.43. The average Bonchev–Trinajstić information content (AvgIpc) is 2.38. The fourth-order valence-electron chi connectivity index (χ4n) is 1.44. The number of hydrogen-bond donors (Lipinski definition) is 0. The molecule has 0 fully saturated rings. The van der Waals surface area contributed by atoms with Crippen molar-refractivity contribution in [3.63, 3.8) is 0 Å². The van der Waals surface area contributed by atoms with E-state index in [2.05, 4.69) is 65.5 Å². The van der Waals surface area contributed by atoms with Gasteiger partial charge in [-0.25, -0.2) is 0 Å². The molecule has 0 spiro atoms. The lowest BCUT2D eigenvalue weighted by atomic mass is 10.2. The van der Waals surface area contributed by atoms with Gasteiger partial charge in [-0.05, 0) is 33.7 Å². The number of rotatable bonds is 3. The lowest BCUT2D eigenvalue weighted by Crippen LogP contribution is -1.80. The van der Waals surface area contributed by atoms with E-state index in [1.165, 1.54) is 14.7 Å². The summed E-state index contributed by atoms with van der Waals surface area (Å²) in [5, 5.41) is 0. The fourth-order valence-corrected chi connectivity index (χ4v) is 3.35. The summed E-state index contributed by atoms with van der Waals surface area (Å²) in [5.74, 6) is 0. The van der Waals surface area contributed by atoms with Crippen LogP contribution in [-0.2, 0) is 6.42 Å². The quantitative estimate of drug-likeness (QED) is 0.742. The molecule has 16 heavy (non-hydrogen) atoms. The number of aryl methyl sites for hydroxylation is 1. The van der Waals surface area contributed by atoms with Crippen LogP contribution < -0.4 is 0 Å². The van der Waals surface area contributed by atoms with Crippen LogP contribution in [0.2, 0.25) is 0 Å². The van der Waals surface area contributed by atoms with E-state index in [1.807, 2.05) is 0 Å². The Kier molecular flexibility index (Phi) is 4.28. The van der Waals surface area contributed by atoms with E-state index in [-0.39, 0.29) is 20.7 Å². The molecule has 2 aromatic rings. The number of halogens is 1. The highest BCUT2D eigenvalue weighted by molar-refractivity contribution is 14.2. The summed E-state index contributed by atoms with van der Waals surface area (Å²) >= 11 is 0.00505. The average molecular weight is 322 g/mol. The van der Waals surface area contributed by atoms with Crippen LogP contribution in [0.1, 0.15) is 18.1 Å². The lowest BCUT2D eigenvalue weighted by molar-refractivity contribution is 1.14. The monoisotopic (exact) mass is 322 g/mol. The van der Waals surface area contributed by atoms with E-state index in [1.54, 1.807) is 0 Å². The molecule has 0 aromatic heterocycles. The van der Waals surface area contributed by atoms with E-state index in [0.717, 1.165) is 6.42 Å². The van der Waals surface area contributed by atoms with Crippen molar-refractivity contribution >= 4 is 24.7 Å². The molecule has 1 heteroatoms. The minimum absolute atomic E-state index is 0.00505. The molecule has 2 aromatic carbocycles. The first-order valence-electron chi connectivity index (χ1n) is 5.49. The van der Waals surface area contributed by atoms with Crippen molar-refractivity contribution in [2.24, 2.45) is 0 Å². The predicted octanol–water partition coefficient (Wildman–Crippen LogP) is 4.24. The Bertz CT molecular complexity index is 455. The Hall–Kier alpha value is -0.960. The molecule has 0 aliphatic carbocycles. The molecule has 0 aliphatic rings. The summed E-state index contributed by atoms with van der Waals surface area (Å²) < 4.78 is 3.86. The van der Waals surface area contributed by atoms with Crippen molar-refractivity contribution in [2.45, 2.75) is 13.3 Å². The highest BCUT2D eigenvalue weighted by Crippen LogP contribution is 2.14. The summed E-state index contributed by atoms with van der Waals surface area (Å²) in [5.41, 5.74) is 2.77. The molecular formula is C15H15I. The maximum absolute atomic E-state index is 2.37. The van der Waals surface area contributed by atoms with E-state index in [4.69, 9.17) is 0 Å². The minimum atomic E-state index is 0.00505. The molecule has 0 N–H and O–H groups in total. The van der Waals surface area contributed by atoms with Crippen LogP contribution in [0.4, 0.5) is 0 Å².